The van der Waals surface area contributed by atoms with Crippen molar-refractivity contribution >= 4 is 23.2 Å². The molecule has 1 N–H and O–H groups in total. The van der Waals surface area contributed by atoms with Crippen molar-refractivity contribution in [1.82, 2.24) is 15.3 Å². The van der Waals surface area contributed by atoms with Gasteiger partial charge in [-0.3, -0.25) is 4.79 Å². The van der Waals surface area contributed by atoms with Crippen LogP contribution in [0.25, 0.3) is 11.2 Å². The van der Waals surface area contributed by atoms with Crippen molar-refractivity contribution in [2.24, 2.45) is 5.92 Å². The first kappa shape index (κ1) is 17.5. The van der Waals surface area contributed by atoms with E-state index in [1.807, 2.05) is 30.3 Å². The highest BCUT2D eigenvalue weighted by atomic mass is 16.4. The Bertz CT molecular complexity index is 860. The number of nitrogens with one attached hydrogen (secondary N) is 1. The van der Waals surface area contributed by atoms with Crippen molar-refractivity contribution in [1.29, 1.82) is 0 Å². The number of benzene rings is 1. The second-order valence-electron chi connectivity index (χ2n) is 6.99. The van der Waals surface area contributed by atoms with Gasteiger partial charge in [0.1, 0.15) is 0 Å². The maximum atomic E-state index is 12.6. The third kappa shape index (κ3) is 4.27. The van der Waals surface area contributed by atoms with Crippen LogP contribution in [0.2, 0.25) is 0 Å². The van der Waals surface area contributed by atoms with E-state index < -0.39 is 0 Å². The number of nitrogens with zero attached hydrogens (tertiary/aromatic N) is 3. The molecular formula is C21H24N4O2. The molecule has 1 aliphatic rings. The number of anilines is 1. The zero-order valence-electron chi connectivity index (χ0n) is 15.3. The lowest BCUT2D eigenvalue weighted by atomic mass is 9.97. The van der Waals surface area contributed by atoms with Crippen LogP contribution in [-0.4, -0.2) is 35.5 Å². The summed E-state index contributed by atoms with van der Waals surface area (Å²) >= 11 is 0. The van der Waals surface area contributed by atoms with E-state index in [9.17, 15) is 4.79 Å². The summed E-state index contributed by atoms with van der Waals surface area (Å²) in [6.07, 6.45) is 5.49. The average molecular weight is 364 g/mol. The van der Waals surface area contributed by atoms with Crippen LogP contribution >= 0.6 is 0 Å². The SMILES string of the molecule is O=C(NCCCc1ccccc1)C1CCCN(c2nc3ncccc3o2)C1. The molecule has 27 heavy (non-hydrogen) atoms. The fourth-order valence-corrected chi connectivity index (χ4v) is 3.55. The third-order valence-corrected chi connectivity index (χ3v) is 5.00. The summed E-state index contributed by atoms with van der Waals surface area (Å²) in [5.41, 5.74) is 2.60. The molecule has 1 aromatic carbocycles. The minimum Gasteiger partial charge on any atom is -0.422 e. The van der Waals surface area contributed by atoms with E-state index in [1.165, 1.54) is 5.56 Å². The summed E-state index contributed by atoms with van der Waals surface area (Å²) in [6.45, 7) is 2.19. The molecule has 0 saturated carbocycles. The predicted molar refractivity (Wildman–Crippen MR) is 105 cm³/mol. The van der Waals surface area contributed by atoms with Gasteiger partial charge in [0.05, 0.1) is 5.92 Å². The Kier molecular flexibility index (Phi) is 5.32. The van der Waals surface area contributed by atoms with Crippen molar-refractivity contribution in [3.05, 3.63) is 54.2 Å². The van der Waals surface area contributed by atoms with Crippen molar-refractivity contribution in [3.8, 4) is 0 Å². The summed E-state index contributed by atoms with van der Waals surface area (Å²) in [4.78, 5) is 23.3. The monoisotopic (exact) mass is 364 g/mol. The van der Waals surface area contributed by atoms with Crippen LogP contribution in [0.4, 0.5) is 6.01 Å². The quantitative estimate of drug-likeness (QED) is 0.680. The Balaban J connectivity index is 1.29. The fourth-order valence-electron chi connectivity index (χ4n) is 3.55. The van der Waals surface area contributed by atoms with E-state index in [4.69, 9.17) is 4.42 Å². The third-order valence-electron chi connectivity index (χ3n) is 5.00. The fraction of sp³-hybridized carbons (Fsp3) is 0.381. The molecule has 0 aliphatic carbocycles. The van der Waals surface area contributed by atoms with Crippen LogP contribution < -0.4 is 10.2 Å². The van der Waals surface area contributed by atoms with Gasteiger partial charge in [-0.15, -0.1) is 0 Å². The second-order valence-corrected chi connectivity index (χ2v) is 6.99. The zero-order valence-corrected chi connectivity index (χ0v) is 15.3. The van der Waals surface area contributed by atoms with Gasteiger partial charge < -0.3 is 14.6 Å². The van der Waals surface area contributed by atoms with Gasteiger partial charge in [-0.25, -0.2) is 4.98 Å². The molecule has 2 aromatic heterocycles. The van der Waals surface area contributed by atoms with Crippen LogP contribution in [0.3, 0.4) is 0 Å². The van der Waals surface area contributed by atoms with E-state index >= 15 is 0 Å². The lowest BCUT2D eigenvalue weighted by molar-refractivity contribution is -0.125. The van der Waals surface area contributed by atoms with Gasteiger partial charge in [0.2, 0.25) is 11.6 Å². The Morgan fingerprint density at radius 1 is 1.22 bits per heavy atom. The van der Waals surface area contributed by atoms with Crippen LogP contribution in [-0.2, 0) is 11.2 Å². The summed E-state index contributed by atoms with van der Waals surface area (Å²) in [5.74, 6) is 0.0976. The number of carbonyl (C=O) groups excluding carboxylic acids is 1. The molecule has 0 spiro atoms. The van der Waals surface area contributed by atoms with Crippen molar-refractivity contribution in [2.45, 2.75) is 25.7 Å². The number of rotatable bonds is 6. The van der Waals surface area contributed by atoms with Gasteiger partial charge >= 0.3 is 0 Å². The topological polar surface area (TPSA) is 71.3 Å². The molecule has 6 heteroatoms. The van der Waals surface area contributed by atoms with Crippen molar-refractivity contribution < 1.29 is 9.21 Å². The number of amides is 1. The smallest absolute Gasteiger partial charge is 0.299 e. The molecule has 1 amide bonds. The standard InChI is InChI=1S/C21H24N4O2/c26-20(23-13-4-9-16-7-2-1-3-8-16)17-10-6-14-25(15-17)21-24-19-18(27-21)11-5-12-22-19/h1-3,5,7-8,11-12,17H,4,6,9-10,13-15H2,(H,23,26). The van der Waals surface area contributed by atoms with E-state index in [0.29, 0.717) is 30.3 Å². The lowest BCUT2D eigenvalue weighted by Crippen LogP contribution is -2.43. The number of hydrogen-bond acceptors (Lipinski definition) is 5. The second kappa shape index (κ2) is 8.20. The molecule has 0 bridgehead atoms. The first-order chi connectivity index (χ1) is 13.3. The molecule has 1 atom stereocenters. The highest BCUT2D eigenvalue weighted by molar-refractivity contribution is 5.79. The Labute approximate surface area is 158 Å². The summed E-state index contributed by atoms with van der Waals surface area (Å²) < 4.78 is 5.80. The normalized spacial score (nSPS) is 17.2. The molecule has 3 aromatic rings. The maximum Gasteiger partial charge on any atom is 0.299 e. The van der Waals surface area contributed by atoms with E-state index in [2.05, 4.69) is 32.3 Å². The molecule has 1 unspecified atom stereocenters. The summed E-state index contributed by atoms with van der Waals surface area (Å²) in [5, 5.41) is 3.09. The van der Waals surface area contributed by atoms with E-state index in [1.54, 1.807) is 6.20 Å². The first-order valence-electron chi connectivity index (χ1n) is 9.58. The summed E-state index contributed by atoms with van der Waals surface area (Å²) in [7, 11) is 0. The minimum atomic E-state index is -0.0292. The number of pyridine rings is 1. The Morgan fingerprint density at radius 2 is 2.11 bits per heavy atom. The molecule has 1 saturated heterocycles. The number of fused-ring (bicyclic) bond motifs is 1. The van der Waals surface area contributed by atoms with Gasteiger partial charge in [-0.1, -0.05) is 30.3 Å². The molecule has 140 valence electrons. The number of oxazole rings is 1. The Morgan fingerprint density at radius 3 is 2.96 bits per heavy atom. The molecule has 1 fully saturated rings. The van der Waals surface area contributed by atoms with Crippen molar-refractivity contribution in [2.75, 3.05) is 24.5 Å². The molecular weight excluding hydrogens is 340 g/mol. The number of aryl methyl sites for hydroxylation is 1. The predicted octanol–water partition coefficient (Wildman–Crippen LogP) is 3.19. The van der Waals surface area contributed by atoms with E-state index in [-0.39, 0.29) is 11.8 Å². The Hall–Kier alpha value is -2.89. The van der Waals surface area contributed by atoms with Crippen molar-refractivity contribution in [3.63, 3.8) is 0 Å². The minimum absolute atomic E-state index is 0.0292. The molecule has 1 aliphatic heterocycles. The maximum absolute atomic E-state index is 12.6. The summed E-state index contributed by atoms with van der Waals surface area (Å²) in [6, 6.07) is 14.6. The number of aromatic nitrogens is 2. The lowest BCUT2D eigenvalue weighted by Gasteiger charge is -2.30. The van der Waals surface area contributed by atoms with E-state index in [0.717, 1.165) is 32.2 Å². The highest BCUT2D eigenvalue weighted by Gasteiger charge is 2.28. The molecule has 4 rings (SSSR count). The average Bonchev–Trinajstić information content (AvgIpc) is 3.16. The largest absolute Gasteiger partial charge is 0.422 e. The van der Waals surface area contributed by atoms with Crippen LogP contribution in [0.15, 0.2) is 53.1 Å². The zero-order chi connectivity index (χ0) is 18.5. The first-order valence-corrected chi connectivity index (χ1v) is 9.58. The molecule has 6 nitrogen and oxygen atoms in total. The number of hydrogen-bond donors (Lipinski definition) is 1. The van der Waals surface area contributed by atoms with Gasteiger partial charge in [0.25, 0.3) is 6.01 Å². The molecule has 0 radical (unpaired) electrons. The van der Waals surface area contributed by atoms with Crippen LogP contribution in [0, 0.1) is 5.92 Å². The van der Waals surface area contributed by atoms with Gasteiger partial charge in [-0.05, 0) is 43.4 Å². The number of carbonyl (C=O) groups is 1. The van der Waals surface area contributed by atoms with Gasteiger partial charge in [0.15, 0.2) is 5.58 Å². The van der Waals surface area contributed by atoms with Crippen LogP contribution in [0.5, 0.6) is 0 Å². The molecule has 3 heterocycles. The van der Waals surface area contributed by atoms with Gasteiger partial charge in [0, 0.05) is 25.8 Å². The van der Waals surface area contributed by atoms with Crippen LogP contribution in [0.1, 0.15) is 24.8 Å². The highest BCUT2D eigenvalue weighted by Crippen LogP contribution is 2.25. The number of piperidine rings is 1. The van der Waals surface area contributed by atoms with Gasteiger partial charge in [-0.2, -0.15) is 4.98 Å².